The lowest BCUT2D eigenvalue weighted by atomic mass is 9.90. The lowest BCUT2D eigenvalue weighted by Gasteiger charge is -2.34. The molecule has 0 amide bonds. The van der Waals surface area contributed by atoms with Crippen molar-refractivity contribution >= 4 is 5.97 Å². The van der Waals surface area contributed by atoms with Gasteiger partial charge in [0.25, 0.3) is 0 Å². The number of rotatable bonds is 2. The van der Waals surface area contributed by atoms with Gasteiger partial charge in [0, 0.05) is 38.4 Å². The average molecular weight is 195 g/mol. The van der Waals surface area contributed by atoms with Crippen LogP contribution in [0.5, 0.6) is 0 Å². The van der Waals surface area contributed by atoms with Gasteiger partial charge in [-0.3, -0.25) is 0 Å². The van der Waals surface area contributed by atoms with E-state index >= 15 is 0 Å². The fraction of sp³-hybridized carbons (Fsp3) is 0.500. The van der Waals surface area contributed by atoms with Gasteiger partial charge in [-0.15, -0.1) is 0 Å². The van der Waals surface area contributed by atoms with Gasteiger partial charge in [-0.2, -0.15) is 0 Å². The predicted molar refractivity (Wildman–Crippen MR) is 50.1 cm³/mol. The molecule has 1 aliphatic rings. The van der Waals surface area contributed by atoms with Crippen molar-refractivity contribution in [3.8, 4) is 0 Å². The van der Waals surface area contributed by atoms with E-state index in [4.69, 9.17) is 4.74 Å². The van der Waals surface area contributed by atoms with Gasteiger partial charge in [0.2, 0.25) is 0 Å². The normalized spacial score (nSPS) is 20.6. The maximum absolute atomic E-state index is 11.3. The monoisotopic (exact) mass is 195 g/mol. The molecular weight excluding hydrogens is 182 g/mol. The number of nitrogens with zero attached hydrogens (tertiary/aromatic N) is 1. The molecule has 0 radical (unpaired) electrons. The van der Waals surface area contributed by atoms with Crippen molar-refractivity contribution in [2.24, 2.45) is 0 Å². The third kappa shape index (κ3) is 1.32. The molecule has 0 unspecified atom stereocenters. The number of carboxylic acids is 1. The average Bonchev–Trinajstić information content (AvgIpc) is 2.72. The standard InChI is InChI=1S/C10H13NO3/c12-9(13)10(3-7-14-8-4-10)11-5-1-2-6-11/h1-2,5-6H,3-4,7-8H2,(H,12,13). The van der Waals surface area contributed by atoms with Gasteiger partial charge >= 0.3 is 5.97 Å². The first kappa shape index (κ1) is 9.27. The van der Waals surface area contributed by atoms with Gasteiger partial charge in [0.15, 0.2) is 0 Å². The van der Waals surface area contributed by atoms with Crippen LogP contribution in [0.25, 0.3) is 0 Å². The number of hydrogen-bond donors (Lipinski definition) is 1. The van der Waals surface area contributed by atoms with Crippen molar-refractivity contribution in [2.75, 3.05) is 13.2 Å². The molecule has 1 fully saturated rings. The molecule has 0 spiro atoms. The lowest BCUT2D eigenvalue weighted by Crippen LogP contribution is -2.45. The maximum Gasteiger partial charge on any atom is 0.330 e. The van der Waals surface area contributed by atoms with Crippen LogP contribution < -0.4 is 0 Å². The van der Waals surface area contributed by atoms with E-state index in [0.717, 1.165) is 0 Å². The van der Waals surface area contributed by atoms with Gasteiger partial charge in [-0.05, 0) is 12.1 Å². The minimum atomic E-state index is -0.790. The first-order chi connectivity index (χ1) is 6.76. The third-order valence-corrected chi connectivity index (χ3v) is 2.82. The van der Waals surface area contributed by atoms with Crippen molar-refractivity contribution in [3.63, 3.8) is 0 Å². The van der Waals surface area contributed by atoms with E-state index in [9.17, 15) is 9.90 Å². The quantitative estimate of drug-likeness (QED) is 0.768. The number of carboxylic acid groups (broad SMARTS) is 1. The van der Waals surface area contributed by atoms with Gasteiger partial charge < -0.3 is 14.4 Å². The van der Waals surface area contributed by atoms with Crippen LogP contribution in [0.4, 0.5) is 0 Å². The highest BCUT2D eigenvalue weighted by Gasteiger charge is 2.41. The molecular formula is C10H13NO3. The Morgan fingerprint density at radius 3 is 2.36 bits per heavy atom. The van der Waals surface area contributed by atoms with E-state index in [2.05, 4.69) is 0 Å². The second-order valence-corrected chi connectivity index (χ2v) is 3.54. The molecule has 0 aliphatic carbocycles. The number of ether oxygens (including phenoxy) is 1. The molecule has 4 heteroatoms. The molecule has 76 valence electrons. The minimum Gasteiger partial charge on any atom is -0.479 e. The van der Waals surface area contributed by atoms with E-state index < -0.39 is 11.5 Å². The second kappa shape index (κ2) is 3.46. The SMILES string of the molecule is O=C(O)C1(n2cccc2)CCOCC1. The summed E-state index contributed by atoms with van der Waals surface area (Å²) in [6, 6.07) is 3.69. The Morgan fingerprint density at radius 2 is 1.86 bits per heavy atom. The van der Waals surface area contributed by atoms with Crippen LogP contribution in [-0.4, -0.2) is 28.9 Å². The zero-order valence-electron chi connectivity index (χ0n) is 7.85. The first-order valence-corrected chi connectivity index (χ1v) is 4.70. The molecule has 1 aromatic heterocycles. The smallest absolute Gasteiger partial charge is 0.330 e. The number of aromatic nitrogens is 1. The fourth-order valence-corrected chi connectivity index (χ4v) is 1.91. The van der Waals surface area contributed by atoms with Crippen molar-refractivity contribution in [1.82, 2.24) is 4.57 Å². The summed E-state index contributed by atoms with van der Waals surface area (Å²) in [5.41, 5.74) is -0.790. The molecule has 1 aromatic rings. The van der Waals surface area contributed by atoms with Crippen LogP contribution in [-0.2, 0) is 15.1 Å². The van der Waals surface area contributed by atoms with Gasteiger partial charge in [-0.1, -0.05) is 0 Å². The Hall–Kier alpha value is -1.29. The van der Waals surface area contributed by atoms with E-state index in [1.807, 2.05) is 12.1 Å². The Labute approximate surface area is 82.1 Å². The summed E-state index contributed by atoms with van der Waals surface area (Å²) in [6.07, 6.45) is 4.69. The predicted octanol–water partition coefficient (Wildman–Crippen LogP) is 1.08. The van der Waals surface area contributed by atoms with E-state index in [1.54, 1.807) is 17.0 Å². The minimum absolute atomic E-state index is 0.518. The highest BCUT2D eigenvalue weighted by atomic mass is 16.5. The van der Waals surface area contributed by atoms with Gasteiger partial charge in [0.1, 0.15) is 5.54 Å². The molecule has 0 atom stereocenters. The van der Waals surface area contributed by atoms with E-state index in [1.165, 1.54) is 0 Å². The summed E-state index contributed by atoms with van der Waals surface area (Å²) in [5.74, 6) is -0.767. The van der Waals surface area contributed by atoms with E-state index in [-0.39, 0.29) is 0 Å². The van der Waals surface area contributed by atoms with Crippen molar-refractivity contribution < 1.29 is 14.6 Å². The third-order valence-electron chi connectivity index (χ3n) is 2.82. The Balaban J connectivity index is 2.35. The topological polar surface area (TPSA) is 51.5 Å². The number of aliphatic carboxylic acids is 1. The molecule has 0 saturated carbocycles. The number of carbonyl (C=O) groups is 1. The zero-order valence-corrected chi connectivity index (χ0v) is 7.85. The summed E-state index contributed by atoms with van der Waals surface area (Å²) in [6.45, 7) is 1.04. The molecule has 0 bridgehead atoms. The zero-order chi connectivity index (χ0) is 10.0. The van der Waals surface area contributed by atoms with Crippen molar-refractivity contribution in [2.45, 2.75) is 18.4 Å². The highest BCUT2D eigenvalue weighted by Crippen LogP contribution is 2.29. The summed E-state index contributed by atoms with van der Waals surface area (Å²) >= 11 is 0. The summed E-state index contributed by atoms with van der Waals surface area (Å²) in [7, 11) is 0. The summed E-state index contributed by atoms with van der Waals surface area (Å²) in [5, 5.41) is 9.28. The van der Waals surface area contributed by atoms with Gasteiger partial charge in [-0.25, -0.2) is 4.79 Å². The second-order valence-electron chi connectivity index (χ2n) is 3.54. The molecule has 1 N–H and O–H groups in total. The van der Waals surface area contributed by atoms with Crippen molar-refractivity contribution in [1.29, 1.82) is 0 Å². The van der Waals surface area contributed by atoms with E-state index in [0.29, 0.717) is 26.1 Å². The molecule has 4 nitrogen and oxygen atoms in total. The summed E-state index contributed by atoms with van der Waals surface area (Å²) in [4.78, 5) is 11.3. The van der Waals surface area contributed by atoms with Gasteiger partial charge in [0.05, 0.1) is 0 Å². The van der Waals surface area contributed by atoms with Crippen LogP contribution in [0.3, 0.4) is 0 Å². The van der Waals surface area contributed by atoms with Crippen molar-refractivity contribution in [3.05, 3.63) is 24.5 Å². The Bertz CT molecular complexity index is 312. The summed E-state index contributed by atoms with van der Waals surface area (Å²) < 4.78 is 6.97. The van der Waals surface area contributed by atoms with Crippen LogP contribution in [0.15, 0.2) is 24.5 Å². The molecule has 2 heterocycles. The molecule has 1 saturated heterocycles. The Morgan fingerprint density at radius 1 is 1.29 bits per heavy atom. The lowest BCUT2D eigenvalue weighted by molar-refractivity contribution is -0.152. The molecule has 0 aromatic carbocycles. The van der Waals surface area contributed by atoms with Crippen LogP contribution in [0.2, 0.25) is 0 Å². The highest BCUT2D eigenvalue weighted by molar-refractivity contribution is 5.77. The number of hydrogen-bond acceptors (Lipinski definition) is 2. The Kier molecular flexibility index (Phi) is 2.29. The fourth-order valence-electron chi connectivity index (χ4n) is 1.91. The molecule has 14 heavy (non-hydrogen) atoms. The largest absolute Gasteiger partial charge is 0.479 e. The van der Waals surface area contributed by atoms with Crippen LogP contribution in [0.1, 0.15) is 12.8 Å². The first-order valence-electron chi connectivity index (χ1n) is 4.70. The molecule has 2 rings (SSSR count). The maximum atomic E-state index is 11.3. The van der Waals surface area contributed by atoms with Crippen LogP contribution in [0, 0.1) is 0 Å². The van der Waals surface area contributed by atoms with Crippen LogP contribution >= 0.6 is 0 Å². The molecule has 1 aliphatic heterocycles.